The largest absolute Gasteiger partial charge is 0.449 e. The van der Waals surface area contributed by atoms with Gasteiger partial charge in [0.05, 0.1) is 6.04 Å². The van der Waals surface area contributed by atoms with Gasteiger partial charge in [-0.25, -0.2) is 4.79 Å². The van der Waals surface area contributed by atoms with Crippen molar-refractivity contribution in [1.82, 2.24) is 10.6 Å². The summed E-state index contributed by atoms with van der Waals surface area (Å²) < 4.78 is 5.44. The number of amides is 3. The summed E-state index contributed by atoms with van der Waals surface area (Å²) in [7, 11) is 0. The number of benzene rings is 2. The summed E-state index contributed by atoms with van der Waals surface area (Å²) >= 11 is 0. The summed E-state index contributed by atoms with van der Waals surface area (Å²) in [6, 6.07) is 14.0. The zero-order valence-corrected chi connectivity index (χ0v) is 18.1. The van der Waals surface area contributed by atoms with E-state index in [0.29, 0.717) is 0 Å². The minimum atomic E-state index is -0.981. The van der Waals surface area contributed by atoms with Crippen LogP contribution in [0.1, 0.15) is 37.8 Å². The van der Waals surface area contributed by atoms with Crippen molar-refractivity contribution in [2.24, 2.45) is 11.0 Å². The van der Waals surface area contributed by atoms with Gasteiger partial charge in [-0.2, -0.15) is 0 Å². The Kier molecular flexibility index (Phi) is 7.12. The average Bonchev–Trinajstić information content (AvgIpc) is 3.09. The van der Waals surface area contributed by atoms with Crippen LogP contribution in [0.4, 0.5) is 4.79 Å². The van der Waals surface area contributed by atoms with Gasteiger partial charge in [0.2, 0.25) is 11.8 Å². The van der Waals surface area contributed by atoms with Crippen LogP contribution in [0.2, 0.25) is 0 Å². The van der Waals surface area contributed by atoms with Crippen LogP contribution in [-0.4, -0.2) is 36.6 Å². The Bertz CT molecular complexity index is 1030. The Hall–Kier alpha value is -3.84. The quantitative estimate of drug-likeness (QED) is 0.388. The Labute approximate surface area is 185 Å². The fourth-order valence-corrected chi connectivity index (χ4v) is 3.78. The molecule has 0 saturated heterocycles. The standard InChI is InChI=1S/C23H25N5O4/c1-13(2)20(22(30)27-28-24)26-21(29)14(3)25-23(31)32-12-19-17-10-6-4-8-15(17)16-9-5-7-11-18(16)19/h4-11,13-14,19-20H,12H2,1-3H3,(H,25,31)(H,26,29)/t14-,20-/m0/s1. The monoisotopic (exact) mass is 435 g/mol. The maximum absolute atomic E-state index is 12.4. The summed E-state index contributed by atoms with van der Waals surface area (Å²) in [6.45, 7) is 5.02. The molecule has 0 saturated carbocycles. The second-order valence-electron chi connectivity index (χ2n) is 7.95. The number of ether oxygens (including phenoxy) is 1. The Morgan fingerprint density at radius 2 is 1.56 bits per heavy atom. The second-order valence-corrected chi connectivity index (χ2v) is 7.95. The van der Waals surface area contributed by atoms with E-state index in [1.165, 1.54) is 6.92 Å². The lowest BCUT2D eigenvalue weighted by atomic mass is 9.98. The number of azide groups is 1. The fourth-order valence-electron chi connectivity index (χ4n) is 3.78. The van der Waals surface area contributed by atoms with E-state index >= 15 is 0 Å². The van der Waals surface area contributed by atoms with Crippen molar-refractivity contribution in [3.63, 3.8) is 0 Å². The molecule has 0 aromatic heterocycles. The minimum absolute atomic E-state index is 0.0935. The Morgan fingerprint density at radius 1 is 1.00 bits per heavy atom. The van der Waals surface area contributed by atoms with E-state index in [9.17, 15) is 14.4 Å². The highest BCUT2D eigenvalue weighted by molar-refractivity contribution is 5.91. The SMILES string of the molecule is CC(C)[C@H](NC(=O)[C@H](C)NC(=O)OCC1c2ccccc2-c2ccccc21)C(=O)N=[N+]=[N-]. The van der Waals surface area contributed by atoms with Gasteiger partial charge in [-0.3, -0.25) is 9.59 Å². The molecule has 166 valence electrons. The number of hydrogen-bond acceptors (Lipinski definition) is 4. The molecule has 0 heterocycles. The maximum atomic E-state index is 12.4. The summed E-state index contributed by atoms with van der Waals surface area (Å²) in [5.74, 6) is -1.76. The number of hydrogen-bond donors (Lipinski definition) is 2. The number of nitrogens with one attached hydrogen (secondary N) is 2. The number of alkyl carbamates (subject to hydrolysis) is 1. The smallest absolute Gasteiger partial charge is 0.407 e. The molecule has 0 spiro atoms. The first-order valence-electron chi connectivity index (χ1n) is 10.3. The number of rotatable bonds is 7. The van der Waals surface area contributed by atoms with E-state index in [2.05, 4.69) is 20.7 Å². The van der Waals surface area contributed by atoms with Gasteiger partial charge >= 0.3 is 6.09 Å². The van der Waals surface area contributed by atoms with Crippen LogP contribution in [0.15, 0.2) is 53.6 Å². The number of carbonyl (C=O) groups excluding carboxylic acids is 3. The third-order valence-electron chi connectivity index (χ3n) is 5.45. The first kappa shape index (κ1) is 22.8. The maximum Gasteiger partial charge on any atom is 0.407 e. The van der Waals surface area contributed by atoms with E-state index in [-0.39, 0.29) is 18.4 Å². The molecule has 9 nitrogen and oxygen atoms in total. The lowest BCUT2D eigenvalue weighted by Crippen LogP contribution is -2.51. The molecule has 32 heavy (non-hydrogen) atoms. The van der Waals surface area contributed by atoms with E-state index in [4.69, 9.17) is 10.3 Å². The molecule has 0 aliphatic heterocycles. The van der Waals surface area contributed by atoms with Crippen LogP contribution in [-0.2, 0) is 14.3 Å². The third kappa shape index (κ3) is 4.90. The topological polar surface area (TPSA) is 133 Å². The molecule has 0 bridgehead atoms. The lowest BCUT2D eigenvalue weighted by molar-refractivity contribution is -0.129. The molecular formula is C23H25N5O4. The molecule has 2 atom stereocenters. The van der Waals surface area contributed by atoms with E-state index in [0.717, 1.165) is 22.3 Å². The zero-order valence-electron chi connectivity index (χ0n) is 18.1. The molecule has 0 fully saturated rings. The first-order valence-corrected chi connectivity index (χ1v) is 10.3. The van der Waals surface area contributed by atoms with Gasteiger partial charge in [-0.15, -0.1) is 0 Å². The predicted molar refractivity (Wildman–Crippen MR) is 119 cm³/mol. The first-order chi connectivity index (χ1) is 15.3. The number of nitrogens with zero attached hydrogens (tertiary/aromatic N) is 3. The Morgan fingerprint density at radius 3 is 2.09 bits per heavy atom. The van der Waals surface area contributed by atoms with Crippen molar-refractivity contribution >= 4 is 17.9 Å². The third-order valence-corrected chi connectivity index (χ3v) is 5.45. The van der Waals surface area contributed by atoms with Gasteiger partial charge < -0.3 is 15.4 Å². The van der Waals surface area contributed by atoms with E-state index < -0.39 is 30.0 Å². The van der Waals surface area contributed by atoms with Gasteiger partial charge in [-0.1, -0.05) is 62.4 Å². The van der Waals surface area contributed by atoms with Gasteiger partial charge in [-0.05, 0) is 45.7 Å². The molecule has 1 aliphatic carbocycles. The normalized spacial score (nSPS) is 13.9. The highest BCUT2D eigenvalue weighted by atomic mass is 16.5. The molecule has 2 aromatic carbocycles. The highest BCUT2D eigenvalue weighted by Gasteiger charge is 2.30. The van der Waals surface area contributed by atoms with E-state index in [1.54, 1.807) is 13.8 Å². The van der Waals surface area contributed by atoms with Crippen LogP contribution in [0.3, 0.4) is 0 Å². The van der Waals surface area contributed by atoms with Crippen LogP contribution in [0.5, 0.6) is 0 Å². The average molecular weight is 435 g/mol. The zero-order chi connectivity index (χ0) is 23.3. The van der Waals surface area contributed by atoms with Gasteiger partial charge in [0.25, 0.3) is 0 Å². The number of carbonyl (C=O) groups is 3. The molecule has 1 aliphatic rings. The Balaban J connectivity index is 1.60. The molecule has 0 radical (unpaired) electrons. The van der Waals surface area contributed by atoms with Crippen LogP contribution in [0.25, 0.3) is 21.6 Å². The molecule has 3 rings (SSSR count). The minimum Gasteiger partial charge on any atom is -0.449 e. The van der Waals surface area contributed by atoms with E-state index in [1.807, 2.05) is 48.5 Å². The van der Waals surface area contributed by atoms with Gasteiger partial charge in [0, 0.05) is 10.8 Å². The van der Waals surface area contributed by atoms with Crippen LogP contribution in [0, 0.1) is 5.92 Å². The van der Waals surface area contributed by atoms with Crippen molar-refractivity contribution < 1.29 is 19.1 Å². The van der Waals surface area contributed by atoms with Crippen molar-refractivity contribution in [3.8, 4) is 11.1 Å². The summed E-state index contributed by atoms with van der Waals surface area (Å²) in [6.07, 6.45) is -0.739. The molecule has 9 heteroatoms. The molecule has 2 aromatic rings. The van der Waals surface area contributed by atoms with Crippen molar-refractivity contribution in [2.75, 3.05) is 6.61 Å². The van der Waals surface area contributed by atoms with Crippen molar-refractivity contribution in [1.29, 1.82) is 0 Å². The fraction of sp³-hybridized carbons (Fsp3) is 0.348. The molecule has 3 amide bonds. The molecule has 2 N–H and O–H groups in total. The highest BCUT2D eigenvalue weighted by Crippen LogP contribution is 2.44. The second kappa shape index (κ2) is 9.98. The summed E-state index contributed by atoms with van der Waals surface area (Å²) in [5, 5.41) is 8.03. The molecular weight excluding hydrogens is 410 g/mol. The van der Waals surface area contributed by atoms with Crippen molar-refractivity contribution in [2.45, 2.75) is 38.8 Å². The van der Waals surface area contributed by atoms with Crippen molar-refractivity contribution in [3.05, 3.63) is 70.1 Å². The predicted octanol–water partition coefficient (Wildman–Crippen LogP) is 3.89. The van der Waals surface area contributed by atoms with Gasteiger partial charge in [0.15, 0.2) is 0 Å². The number of fused-ring (bicyclic) bond motifs is 3. The lowest BCUT2D eigenvalue weighted by Gasteiger charge is -2.22. The van der Waals surface area contributed by atoms with Gasteiger partial charge in [0.1, 0.15) is 12.6 Å². The summed E-state index contributed by atoms with van der Waals surface area (Å²) in [5.41, 5.74) is 12.9. The van der Waals surface area contributed by atoms with Crippen LogP contribution < -0.4 is 10.6 Å². The van der Waals surface area contributed by atoms with Crippen LogP contribution >= 0.6 is 0 Å². The molecule has 0 unspecified atom stereocenters. The summed E-state index contributed by atoms with van der Waals surface area (Å²) in [4.78, 5) is 39.1.